The number of anilines is 1. The standard InChI is InChI=1S/C14H23N3O3S/c1-3-6-15-14-10-13(5-7-16-14)21(18,19)17-11-8-12(9-11)20-4-2/h5,7,10-12,17H,3-4,6,8-9H2,1-2H3,(H,15,16). The van der Waals surface area contributed by atoms with Crippen molar-refractivity contribution in [3.05, 3.63) is 18.3 Å². The third kappa shape index (κ3) is 4.39. The summed E-state index contributed by atoms with van der Waals surface area (Å²) in [5.41, 5.74) is 0. The van der Waals surface area contributed by atoms with Gasteiger partial charge in [0.2, 0.25) is 10.0 Å². The zero-order valence-electron chi connectivity index (χ0n) is 12.5. The number of nitrogens with one attached hydrogen (secondary N) is 2. The molecule has 1 aromatic heterocycles. The molecule has 1 aliphatic rings. The van der Waals surface area contributed by atoms with Crippen LogP contribution in [0.15, 0.2) is 23.2 Å². The van der Waals surface area contributed by atoms with Crippen molar-refractivity contribution in [3.63, 3.8) is 0 Å². The molecule has 0 aliphatic heterocycles. The Bertz CT molecular complexity index is 556. The number of nitrogens with zero attached hydrogens (tertiary/aromatic N) is 1. The molecule has 0 saturated heterocycles. The first-order valence-corrected chi connectivity index (χ1v) is 8.87. The van der Waals surface area contributed by atoms with Gasteiger partial charge in [0.15, 0.2) is 0 Å². The third-order valence-corrected chi connectivity index (χ3v) is 4.93. The van der Waals surface area contributed by atoms with E-state index in [0.29, 0.717) is 12.4 Å². The van der Waals surface area contributed by atoms with Crippen LogP contribution in [0, 0.1) is 0 Å². The highest BCUT2D eigenvalue weighted by Gasteiger charge is 2.33. The maximum Gasteiger partial charge on any atom is 0.241 e. The van der Waals surface area contributed by atoms with Crippen LogP contribution in [0.3, 0.4) is 0 Å². The maximum atomic E-state index is 12.3. The Morgan fingerprint density at radius 1 is 1.38 bits per heavy atom. The smallest absolute Gasteiger partial charge is 0.241 e. The van der Waals surface area contributed by atoms with Crippen LogP contribution in [-0.4, -0.2) is 38.7 Å². The van der Waals surface area contributed by atoms with Crippen LogP contribution < -0.4 is 10.0 Å². The van der Waals surface area contributed by atoms with Gasteiger partial charge in [0, 0.05) is 31.5 Å². The molecule has 2 N–H and O–H groups in total. The van der Waals surface area contributed by atoms with E-state index in [2.05, 4.69) is 15.0 Å². The van der Waals surface area contributed by atoms with E-state index >= 15 is 0 Å². The Kier molecular flexibility index (Phi) is 5.55. The number of hydrogen-bond acceptors (Lipinski definition) is 5. The fourth-order valence-corrected chi connectivity index (χ4v) is 3.52. The molecule has 1 heterocycles. The number of sulfonamides is 1. The summed E-state index contributed by atoms with van der Waals surface area (Å²) >= 11 is 0. The first-order chi connectivity index (χ1) is 10.0. The highest BCUT2D eigenvalue weighted by Crippen LogP contribution is 2.25. The summed E-state index contributed by atoms with van der Waals surface area (Å²) in [5.74, 6) is 0.584. The predicted octanol–water partition coefficient (Wildman–Crippen LogP) is 1.75. The summed E-state index contributed by atoms with van der Waals surface area (Å²) in [6.45, 7) is 5.42. The molecule has 7 heteroatoms. The molecule has 1 aliphatic carbocycles. The second kappa shape index (κ2) is 7.20. The molecule has 1 aromatic rings. The normalized spacial score (nSPS) is 21.8. The molecule has 1 fully saturated rings. The van der Waals surface area contributed by atoms with E-state index in [1.807, 2.05) is 13.8 Å². The van der Waals surface area contributed by atoms with Gasteiger partial charge in [-0.2, -0.15) is 0 Å². The summed E-state index contributed by atoms with van der Waals surface area (Å²) in [4.78, 5) is 4.36. The molecule has 0 unspecified atom stereocenters. The van der Waals surface area contributed by atoms with E-state index in [0.717, 1.165) is 25.8 Å². The molecule has 118 valence electrons. The molecule has 0 aromatic carbocycles. The summed E-state index contributed by atoms with van der Waals surface area (Å²) in [7, 11) is -3.49. The first kappa shape index (κ1) is 16.2. The van der Waals surface area contributed by atoms with Crippen molar-refractivity contribution in [2.24, 2.45) is 0 Å². The maximum absolute atomic E-state index is 12.3. The van der Waals surface area contributed by atoms with Gasteiger partial charge in [-0.1, -0.05) is 6.92 Å². The van der Waals surface area contributed by atoms with Crippen LogP contribution in [0.2, 0.25) is 0 Å². The van der Waals surface area contributed by atoms with Crippen molar-refractivity contribution in [2.45, 2.75) is 50.2 Å². The van der Waals surface area contributed by atoms with Gasteiger partial charge < -0.3 is 10.1 Å². The monoisotopic (exact) mass is 313 g/mol. The highest BCUT2D eigenvalue weighted by atomic mass is 32.2. The number of ether oxygens (including phenoxy) is 1. The Labute approximate surface area is 126 Å². The molecule has 0 radical (unpaired) electrons. The summed E-state index contributed by atoms with van der Waals surface area (Å²) in [6.07, 6.45) is 4.12. The summed E-state index contributed by atoms with van der Waals surface area (Å²) in [5, 5.41) is 3.09. The van der Waals surface area contributed by atoms with Gasteiger partial charge in [0.25, 0.3) is 0 Å². The third-order valence-electron chi connectivity index (χ3n) is 3.42. The van der Waals surface area contributed by atoms with E-state index in [-0.39, 0.29) is 17.0 Å². The van der Waals surface area contributed by atoms with E-state index in [4.69, 9.17) is 4.74 Å². The zero-order valence-corrected chi connectivity index (χ0v) is 13.3. The lowest BCUT2D eigenvalue weighted by molar-refractivity contribution is -0.00475. The van der Waals surface area contributed by atoms with Crippen molar-refractivity contribution in [2.75, 3.05) is 18.5 Å². The van der Waals surface area contributed by atoms with Crippen molar-refractivity contribution in [1.29, 1.82) is 0 Å². The molecule has 21 heavy (non-hydrogen) atoms. The number of aromatic nitrogens is 1. The largest absolute Gasteiger partial charge is 0.378 e. The van der Waals surface area contributed by atoms with E-state index in [1.54, 1.807) is 6.07 Å². The van der Waals surface area contributed by atoms with Crippen LogP contribution in [0.1, 0.15) is 33.1 Å². The Morgan fingerprint density at radius 2 is 2.14 bits per heavy atom. The second-order valence-electron chi connectivity index (χ2n) is 5.17. The van der Waals surface area contributed by atoms with Crippen LogP contribution in [0.25, 0.3) is 0 Å². The Balaban J connectivity index is 1.96. The van der Waals surface area contributed by atoms with Gasteiger partial charge in [-0.25, -0.2) is 18.1 Å². The lowest BCUT2D eigenvalue weighted by Gasteiger charge is -2.35. The van der Waals surface area contributed by atoms with Gasteiger partial charge in [0.1, 0.15) is 5.82 Å². The molecular formula is C14H23N3O3S. The molecular weight excluding hydrogens is 290 g/mol. The molecule has 0 bridgehead atoms. The SMILES string of the molecule is CCCNc1cc(S(=O)(=O)NC2CC(OCC)C2)ccn1. The molecule has 6 nitrogen and oxygen atoms in total. The van der Waals surface area contributed by atoms with E-state index < -0.39 is 10.0 Å². The number of hydrogen-bond donors (Lipinski definition) is 2. The van der Waals surface area contributed by atoms with Gasteiger partial charge in [0.05, 0.1) is 11.0 Å². The quantitative estimate of drug-likeness (QED) is 0.764. The molecule has 0 amide bonds. The highest BCUT2D eigenvalue weighted by molar-refractivity contribution is 7.89. The van der Waals surface area contributed by atoms with Crippen LogP contribution >= 0.6 is 0 Å². The van der Waals surface area contributed by atoms with Crippen molar-refractivity contribution in [1.82, 2.24) is 9.71 Å². The minimum Gasteiger partial charge on any atom is -0.378 e. The van der Waals surface area contributed by atoms with Crippen molar-refractivity contribution in [3.8, 4) is 0 Å². The zero-order chi connectivity index (χ0) is 15.3. The predicted molar refractivity (Wildman–Crippen MR) is 81.8 cm³/mol. The minimum absolute atomic E-state index is 0.0354. The molecule has 0 atom stereocenters. The molecule has 1 saturated carbocycles. The lowest BCUT2D eigenvalue weighted by Crippen LogP contribution is -2.47. The average Bonchev–Trinajstić information content (AvgIpc) is 2.43. The average molecular weight is 313 g/mol. The van der Waals surface area contributed by atoms with Gasteiger partial charge >= 0.3 is 0 Å². The summed E-state index contributed by atoms with van der Waals surface area (Å²) < 4.78 is 32.8. The first-order valence-electron chi connectivity index (χ1n) is 7.39. The Morgan fingerprint density at radius 3 is 2.81 bits per heavy atom. The summed E-state index contributed by atoms with van der Waals surface area (Å²) in [6, 6.07) is 3.04. The lowest BCUT2D eigenvalue weighted by atomic mass is 9.90. The van der Waals surface area contributed by atoms with Crippen LogP contribution in [0.5, 0.6) is 0 Å². The van der Waals surface area contributed by atoms with Crippen LogP contribution in [0.4, 0.5) is 5.82 Å². The number of pyridine rings is 1. The topological polar surface area (TPSA) is 80.3 Å². The molecule has 2 rings (SSSR count). The van der Waals surface area contributed by atoms with Gasteiger partial charge in [-0.3, -0.25) is 0 Å². The second-order valence-corrected chi connectivity index (χ2v) is 6.88. The van der Waals surface area contributed by atoms with Gasteiger partial charge in [-0.05, 0) is 32.3 Å². The van der Waals surface area contributed by atoms with Crippen molar-refractivity contribution < 1.29 is 13.2 Å². The Hall–Kier alpha value is -1.18. The van der Waals surface area contributed by atoms with E-state index in [9.17, 15) is 8.42 Å². The fourth-order valence-electron chi connectivity index (χ4n) is 2.25. The van der Waals surface area contributed by atoms with Gasteiger partial charge in [-0.15, -0.1) is 0 Å². The fraction of sp³-hybridized carbons (Fsp3) is 0.643. The van der Waals surface area contributed by atoms with E-state index in [1.165, 1.54) is 12.3 Å². The van der Waals surface area contributed by atoms with Crippen LogP contribution in [-0.2, 0) is 14.8 Å². The number of rotatable bonds is 8. The van der Waals surface area contributed by atoms with Crippen molar-refractivity contribution >= 4 is 15.8 Å². The minimum atomic E-state index is -3.49. The molecule has 0 spiro atoms.